The van der Waals surface area contributed by atoms with E-state index in [4.69, 9.17) is 4.74 Å². The third kappa shape index (κ3) is 4.10. The molecule has 1 aromatic heterocycles. The van der Waals surface area contributed by atoms with Crippen molar-refractivity contribution in [2.75, 3.05) is 31.6 Å². The number of ether oxygens (including phenoxy) is 1. The van der Waals surface area contributed by atoms with Gasteiger partial charge in [-0.25, -0.2) is 8.42 Å². The number of sulfonamides is 1. The second kappa shape index (κ2) is 8.41. The SMILES string of the molecule is CCc1cc(C#N)c(NC(=O)c2cc(S(=O)(=O)N3CCOCC3)ccc2C)s1. The van der Waals surface area contributed by atoms with Gasteiger partial charge in [-0.1, -0.05) is 13.0 Å². The van der Waals surface area contributed by atoms with Gasteiger partial charge in [0, 0.05) is 23.5 Å². The fourth-order valence-electron chi connectivity index (χ4n) is 2.90. The number of benzene rings is 1. The molecule has 2 heterocycles. The van der Waals surface area contributed by atoms with E-state index in [0.29, 0.717) is 29.3 Å². The second-order valence-electron chi connectivity index (χ2n) is 6.37. The highest BCUT2D eigenvalue weighted by atomic mass is 32.2. The average molecular weight is 420 g/mol. The molecule has 0 radical (unpaired) electrons. The molecule has 0 saturated carbocycles. The van der Waals surface area contributed by atoms with Gasteiger partial charge in [-0.3, -0.25) is 4.79 Å². The van der Waals surface area contributed by atoms with E-state index >= 15 is 0 Å². The maximum atomic E-state index is 12.9. The maximum Gasteiger partial charge on any atom is 0.256 e. The van der Waals surface area contributed by atoms with Gasteiger partial charge in [0.25, 0.3) is 5.91 Å². The van der Waals surface area contributed by atoms with Crippen LogP contribution < -0.4 is 5.32 Å². The number of anilines is 1. The monoisotopic (exact) mass is 419 g/mol. The fraction of sp³-hybridized carbons (Fsp3) is 0.368. The molecule has 0 atom stereocenters. The number of carbonyl (C=O) groups is 1. The standard InChI is InChI=1S/C19H21N3O4S2/c1-3-15-10-14(12-20)19(27-15)21-18(23)17-11-16(5-4-13(17)2)28(24,25)22-6-8-26-9-7-22/h4-5,10-11H,3,6-9H2,1-2H3,(H,21,23). The number of nitriles is 1. The van der Waals surface area contributed by atoms with E-state index in [2.05, 4.69) is 11.4 Å². The minimum absolute atomic E-state index is 0.0751. The average Bonchev–Trinajstić information content (AvgIpc) is 3.10. The van der Waals surface area contributed by atoms with Crippen LogP contribution in [0.1, 0.15) is 33.3 Å². The van der Waals surface area contributed by atoms with Gasteiger partial charge in [0.2, 0.25) is 10.0 Å². The molecule has 9 heteroatoms. The van der Waals surface area contributed by atoms with Gasteiger partial charge in [-0.05, 0) is 37.1 Å². The maximum absolute atomic E-state index is 12.9. The Balaban J connectivity index is 1.90. The van der Waals surface area contributed by atoms with E-state index in [9.17, 15) is 18.5 Å². The highest BCUT2D eigenvalue weighted by Gasteiger charge is 2.27. The summed E-state index contributed by atoms with van der Waals surface area (Å²) in [6.07, 6.45) is 0.765. The smallest absolute Gasteiger partial charge is 0.256 e. The first-order chi connectivity index (χ1) is 13.4. The number of thiophene rings is 1. The van der Waals surface area contributed by atoms with E-state index in [0.717, 1.165) is 11.3 Å². The number of morpholine rings is 1. The van der Waals surface area contributed by atoms with E-state index in [1.807, 2.05) is 6.92 Å². The van der Waals surface area contributed by atoms with Crippen molar-refractivity contribution < 1.29 is 17.9 Å². The largest absolute Gasteiger partial charge is 0.379 e. The van der Waals surface area contributed by atoms with Crippen LogP contribution in [0, 0.1) is 18.3 Å². The Morgan fingerprint density at radius 2 is 2.04 bits per heavy atom. The lowest BCUT2D eigenvalue weighted by Crippen LogP contribution is -2.40. The molecule has 1 aliphatic rings. The molecular formula is C19H21N3O4S2. The first kappa shape index (κ1) is 20.5. The molecule has 3 rings (SSSR count). The molecule has 2 aromatic rings. The van der Waals surface area contributed by atoms with Crippen LogP contribution in [-0.4, -0.2) is 44.9 Å². The zero-order valence-corrected chi connectivity index (χ0v) is 17.3. The van der Waals surface area contributed by atoms with Gasteiger partial charge in [0.05, 0.1) is 23.7 Å². The molecule has 1 aromatic carbocycles. The quantitative estimate of drug-likeness (QED) is 0.803. The molecule has 1 aliphatic heterocycles. The van der Waals surface area contributed by atoms with Crippen molar-refractivity contribution in [2.45, 2.75) is 25.2 Å². The Labute approximate surface area is 168 Å². The molecule has 1 N–H and O–H groups in total. The Bertz CT molecular complexity index is 1030. The van der Waals surface area contributed by atoms with E-state index in [1.54, 1.807) is 19.1 Å². The van der Waals surface area contributed by atoms with E-state index < -0.39 is 15.9 Å². The van der Waals surface area contributed by atoms with Gasteiger partial charge >= 0.3 is 0 Å². The predicted octanol–water partition coefficient (Wildman–Crippen LogP) is 2.76. The normalized spacial score (nSPS) is 15.2. The van der Waals surface area contributed by atoms with Crippen molar-refractivity contribution in [3.8, 4) is 6.07 Å². The first-order valence-corrected chi connectivity index (χ1v) is 11.1. The third-order valence-electron chi connectivity index (χ3n) is 4.54. The van der Waals surface area contributed by atoms with Crippen LogP contribution in [0.5, 0.6) is 0 Å². The molecule has 148 valence electrons. The van der Waals surface area contributed by atoms with Crippen molar-refractivity contribution in [1.29, 1.82) is 5.26 Å². The van der Waals surface area contributed by atoms with Crippen LogP contribution in [-0.2, 0) is 21.2 Å². The predicted molar refractivity (Wildman–Crippen MR) is 107 cm³/mol. The second-order valence-corrected chi connectivity index (χ2v) is 9.44. The Morgan fingerprint density at radius 3 is 2.68 bits per heavy atom. The first-order valence-electron chi connectivity index (χ1n) is 8.89. The van der Waals surface area contributed by atoms with Crippen LogP contribution in [0.2, 0.25) is 0 Å². The lowest BCUT2D eigenvalue weighted by Gasteiger charge is -2.26. The molecule has 7 nitrogen and oxygen atoms in total. The van der Waals surface area contributed by atoms with Crippen LogP contribution in [0.15, 0.2) is 29.2 Å². The number of amides is 1. The number of nitrogens with one attached hydrogen (secondary N) is 1. The molecule has 28 heavy (non-hydrogen) atoms. The van der Waals surface area contributed by atoms with Gasteiger partial charge in [-0.2, -0.15) is 9.57 Å². The Morgan fingerprint density at radius 1 is 1.32 bits per heavy atom. The van der Waals surface area contributed by atoms with Crippen molar-refractivity contribution >= 4 is 32.3 Å². The minimum Gasteiger partial charge on any atom is -0.379 e. The summed E-state index contributed by atoms with van der Waals surface area (Å²) in [7, 11) is -3.70. The van der Waals surface area contributed by atoms with Crippen LogP contribution in [0.25, 0.3) is 0 Å². The molecule has 1 amide bonds. The summed E-state index contributed by atoms with van der Waals surface area (Å²) in [5.41, 5.74) is 1.33. The van der Waals surface area contributed by atoms with Crippen LogP contribution in [0.4, 0.5) is 5.00 Å². The van der Waals surface area contributed by atoms with Crippen molar-refractivity contribution in [3.05, 3.63) is 45.8 Å². The number of rotatable bonds is 5. The summed E-state index contributed by atoms with van der Waals surface area (Å²) in [4.78, 5) is 13.9. The number of carbonyl (C=O) groups excluding carboxylic acids is 1. The molecule has 0 bridgehead atoms. The lowest BCUT2D eigenvalue weighted by molar-refractivity contribution is 0.0730. The highest BCUT2D eigenvalue weighted by molar-refractivity contribution is 7.89. The van der Waals surface area contributed by atoms with Crippen molar-refractivity contribution in [2.24, 2.45) is 0 Å². The molecule has 1 saturated heterocycles. The Kier molecular flexibility index (Phi) is 6.15. The molecule has 0 aliphatic carbocycles. The zero-order valence-electron chi connectivity index (χ0n) is 15.7. The topological polar surface area (TPSA) is 99.5 Å². The summed E-state index contributed by atoms with van der Waals surface area (Å²) in [6, 6.07) is 8.37. The highest BCUT2D eigenvalue weighted by Crippen LogP contribution is 2.29. The summed E-state index contributed by atoms with van der Waals surface area (Å²) in [5, 5.41) is 12.5. The summed E-state index contributed by atoms with van der Waals surface area (Å²) in [5.74, 6) is -0.433. The molecule has 0 spiro atoms. The summed E-state index contributed by atoms with van der Waals surface area (Å²) in [6.45, 7) is 5.01. The van der Waals surface area contributed by atoms with Crippen molar-refractivity contribution in [3.63, 3.8) is 0 Å². The van der Waals surface area contributed by atoms with Crippen LogP contribution in [0.3, 0.4) is 0 Å². The van der Waals surface area contributed by atoms with Gasteiger partial charge in [0.1, 0.15) is 11.1 Å². The molecule has 0 unspecified atom stereocenters. The lowest BCUT2D eigenvalue weighted by atomic mass is 10.1. The molecular weight excluding hydrogens is 398 g/mol. The number of nitrogens with zero attached hydrogens (tertiary/aromatic N) is 2. The van der Waals surface area contributed by atoms with E-state index in [-0.39, 0.29) is 23.5 Å². The molecule has 1 fully saturated rings. The van der Waals surface area contributed by atoms with Gasteiger partial charge in [-0.15, -0.1) is 11.3 Å². The van der Waals surface area contributed by atoms with Crippen LogP contribution >= 0.6 is 11.3 Å². The minimum atomic E-state index is -3.70. The summed E-state index contributed by atoms with van der Waals surface area (Å²) < 4.78 is 32.3. The zero-order chi connectivity index (χ0) is 20.3. The fourth-order valence-corrected chi connectivity index (χ4v) is 5.28. The number of hydrogen-bond acceptors (Lipinski definition) is 6. The van der Waals surface area contributed by atoms with Crippen molar-refractivity contribution in [1.82, 2.24) is 4.31 Å². The Hall–Kier alpha value is -2.25. The summed E-state index contributed by atoms with van der Waals surface area (Å²) >= 11 is 1.35. The van der Waals surface area contributed by atoms with Gasteiger partial charge in [0.15, 0.2) is 0 Å². The number of aryl methyl sites for hydroxylation is 2. The van der Waals surface area contributed by atoms with E-state index in [1.165, 1.54) is 27.8 Å². The third-order valence-corrected chi connectivity index (χ3v) is 7.63. The van der Waals surface area contributed by atoms with Gasteiger partial charge < -0.3 is 10.1 Å². The number of hydrogen-bond donors (Lipinski definition) is 1.